The van der Waals surface area contributed by atoms with Crippen molar-refractivity contribution in [3.05, 3.63) is 65.2 Å². The summed E-state index contributed by atoms with van der Waals surface area (Å²) >= 11 is 0. The number of rotatable bonds is 7. The van der Waals surface area contributed by atoms with Crippen LogP contribution in [0.4, 0.5) is 10.5 Å². The van der Waals surface area contributed by atoms with Crippen molar-refractivity contribution < 1.29 is 32.3 Å². The van der Waals surface area contributed by atoms with Crippen LogP contribution in [0.3, 0.4) is 0 Å². The minimum atomic E-state index is -3.47. The summed E-state index contributed by atoms with van der Waals surface area (Å²) in [7, 11) is -3.47. The maximum Gasteiger partial charge on any atom is 0.408 e. The molecule has 1 unspecified atom stereocenters. The average Bonchev–Trinajstić information content (AvgIpc) is 3.16. The molecule has 12 heteroatoms. The molecule has 47 heavy (non-hydrogen) atoms. The van der Waals surface area contributed by atoms with Gasteiger partial charge in [-0.25, -0.2) is 13.2 Å². The fraction of sp³-hybridized carbons (Fsp3) is 0.514. The Kier molecular flexibility index (Phi) is 9.38. The lowest BCUT2D eigenvalue weighted by Crippen LogP contribution is -2.60. The van der Waals surface area contributed by atoms with E-state index < -0.39 is 44.6 Å². The molecule has 2 aromatic carbocycles. The number of carbonyl (C=O) groups is 3. The van der Waals surface area contributed by atoms with Gasteiger partial charge in [-0.2, -0.15) is 0 Å². The number of alkyl carbamates (subject to hydrolysis) is 1. The Bertz CT molecular complexity index is 1670. The summed E-state index contributed by atoms with van der Waals surface area (Å²) in [6, 6.07) is 14.4. The number of ether oxygens (including phenoxy) is 2. The Morgan fingerprint density at radius 3 is 2.34 bits per heavy atom. The van der Waals surface area contributed by atoms with Gasteiger partial charge in [0.15, 0.2) is 0 Å². The van der Waals surface area contributed by atoms with Crippen molar-refractivity contribution in [2.24, 2.45) is 0 Å². The molecule has 2 N–H and O–H groups in total. The van der Waals surface area contributed by atoms with Crippen LogP contribution >= 0.6 is 0 Å². The van der Waals surface area contributed by atoms with E-state index in [1.165, 1.54) is 10.6 Å². The number of likely N-dealkylation sites (tertiary alicyclic amines) is 1. The molecule has 1 saturated heterocycles. The molecule has 0 bridgehead atoms. The predicted octanol–water partition coefficient (Wildman–Crippen LogP) is 4.37. The van der Waals surface area contributed by atoms with E-state index in [-0.39, 0.29) is 12.3 Å². The number of sulfonamides is 1. The molecular weight excluding hydrogens is 620 g/mol. The highest BCUT2D eigenvalue weighted by molar-refractivity contribution is 7.92. The lowest BCUT2D eigenvalue weighted by atomic mass is 9.74. The van der Waals surface area contributed by atoms with Gasteiger partial charge in [-0.05, 0) is 71.6 Å². The van der Waals surface area contributed by atoms with Crippen LogP contribution in [0.25, 0.3) is 6.08 Å². The maximum absolute atomic E-state index is 14.3. The van der Waals surface area contributed by atoms with E-state index in [1.807, 2.05) is 54.6 Å². The molecule has 0 aliphatic carbocycles. The summed E-state index contributed by atoms with van der Waals surface area (Å²) in [5, 5.41) is 5.58. The third kappa shape index (κ3) is 7.75. The van der Waals surface area contributed by atoms with Crippen LogP contribution in [-0.4, -0.2) is 80.9 Å². The van der Waals surface area contributed by atoms with Gasteiger partial charge in [-0.1, -0.05) is 48.0 Å². The van der Waals surface area contributed by atoms with E-state index in [0.717, 1.165) is 22.4 Å². The predicted molar refractivity (Wildman–Crippen MR) is 181 cm³/mol. The fourth-order valence-electron chi connectivity index (χ4n) is 6.58. The monoisotopic (exact) mass is 666 g/mol. The minimum absolute atomic E-state index is 0.230. The van der Waals surface area contributed by atoms with E-state index in [2.05, 4.69) is 10.6 Å². The van der Waals surface area contributed by atoms with Gasteiger partial charge in [0, 0.05) is 37.0 Å². The highest BCUT2D eigenvalue weighted by atomic mass is 32.2. The molecule has 1 spiro atoms. The molecule has 2 aromatic rings. The normalized spacial score (nSPS) is 18.2. The van der Waals surface area contributed by atoms with Gasteiger partial charge in [0.05, 0.1) is 18.6 Å². The Labute approximate surface area is 277 Å². The van der Waals surface area contributed by atoms with Crippen molar-refractivity contribution in [1.29, 1.82) is 0 Å². The van der Waals surface area contributed by atoms with Gasteiger partial charge in [-0.3, -0.25) is 13.9 Å². The van der Waals surface area contributed by atoms with Crippen LogP contribution in [0.15, 0.2) is 54.1 Å². The third-order valence-corrected chi connectivity index (χ3v) is 10.2. The number of para-hydroxylation sites is 2. The first-order valence-electron chi connectivity index (χ1n) is 16.1. The molecule has 254 valence electrons. The standard InChI is InChI=1S/C35H46N4O7S/c1-33(2,3)46-32(42)37-34(4,5)31(41)36-27(22-24-15-20-45-29-14-10-7-11-25(29)21-24)30(40)38-18-16-35(17-19-38)23-39(47(6,43)44)28-13-9-8-12-26(28)35/h7-14,21,27H,15-20,22-23H2,1-6H3,(H,36,41)(H,37,42). The summed E-state index contributed by atoms with van der Waals surface area (Å²) in [6.45, 7) is 9.93. The zero-order valence-electron chi connectivity index (χ0n) is 28.1. The van der Waals surface area contributed by atoms with Crippen LogP contribution in [0.5, 0.6) is 5.75 Å². The summed E-state index contributed by atoms with van der Waals surface area (Å²) < 4.78 is 38.1. The van der Waals surface area contributed by atoms with Crippen LogP contribution < -0.4 is 19.7 Å². The number of nitrogens with zero attached hydrogens (tertiary/aromatic N) is 2. The van der Waals surface area contributed by atoms with Crippen molar-refractivity contribution in [2.75, 3.05) is 36.8 Å². The largest absolute Gasteiger partial charge is 0.493 e. The zero-order valence-corrected chi connectivity index (χ0v) is 28.9. The van der Waals surface area contributed by atoms with Crippen molar-refractivity contribution >= 4 is 39.7 Å². The minimum Gasteiger partial charge on any atom is -0.493 e. The highest BCUT2D eigenvalue weighted by Gasteiger charge is 2.48. The SMILES string of the molecule is CC(C)(C)OC(=O)NC(C)(C)C(=O)NC(CC1=Cc2ccccc2OCC1)C(=O)N1CCC2(CC1)CN(S(C)(=O)=O)c1ccccc12. The lowest BCUT2D eigenvalue weighted by molar-refractivity contribution is -0.139. The summed E-state index contributed by atoms with van der Waals surface area (Å²) in [5.74, 6) is 0.0138. The van der Waals surface area contributed by atoms with E-state index in [0.29, 0.717) is 51.2 Å². The number of hydrogen-bond donors (Lipinski definition) is 2. The van der Waals surface area contributed by atoms with Gasteiger partial charge in [0.1, 0.15) is 22.9 Å². The van der Waals surface area contributed by atoms with Crippen LogP contribution in [0.2, 0.25) is 0 Å². The first kappa shape index (κ1) is 34.3. The number of carbonyl (C=O) groups excluding carboxylic acids is 3. The number of hydrogen-bond acceptors (Lipinski definition) is 7. The highest BCUT2D eigenvalue weighted by Crippen LogP contribution is 2.48. The second-order valence-electron chi connectivity index (χ2n) is 14.3. The smallest absolute Gasteiger partial charge is 0.408 e. The molecule has 0 aromatic heterocycles. The molecule has 1 atom stereocenters. The second kappa shape index (κ2) is 12.9. The van der Waals surface area contributed by atoms with E-state index >= 15 is 0 Å². The Morgan fingerprint density at radius 1 is 1.00 bits per heavy atom. The Hall–Kier alpha value is -4.06. The summed E-state index contributed by atoms with van der Waals surface area (Å²) in [5.41, 5.74) is 1.02. The first-order valence-corrected chi connectivity index (χ1v) is 17.9. The number of anilines is 1. The maximum atomic E-state index is 14.3. The van der Waals surface area contributed by atoms with Crippen LogP contribution in [-0.2, 0) is 29.8 Å². The molecular formula is C35H46N4O7S. The lowest BCUT2D eigenvalue weighted by Gasteiger charge is -2.41. The van der Waals surface area contributed by atoms with Gasteiger partial charge >= 0.3 is 6.09 Å². The van der Waals surface area contributed by atoms with E-state index in [9.17, 15) is 22.8 Å². The van der Waals surface area contributed by atoms with Crippen LogP contribution in [0.1, 0.15) is 71.4 Å². The quantitative estimate of drug-likeness (QED) is 0.448. The molecule has 0 radical (unpaired) electrons. The van der Waals surface area contributed by atoms with Gasteiger partial charge in [-0.15, -0.1) is 0 Å². The zero-order chi connectivity index (χ0) is 34.2. The van der Waals surface area contributed by atoms with Crippen molar-refractivity contribution in [2.45, 2.75) is 82.9 Å². The molecule has 3 aliphatic heterocycles. The van der Waals surface area contributed by atoms with Crippen molar-refractivity contribution in [3.8, 4) is 5.75 Å². The third-order valence-electron chi connectivity index (χ3n) is 9.03. The van der Waals surface area contributed by atoms with Crippen molar-refractivity contribution in [3.63, 3.8) is 0 Å². The second-order valence-corrected chi connectivity index (χ2v) is 16.2. The molecule has 5 rings (SSSR count). The Morgan fingerprint density at radius 2 is 1.66 bits per heavy atom. The number of nitrogens with one attached hydrogen (secondary N) is 2. The molecule has 3 amide bonds. The fourth-order valence-corrected chi connectivity index (χ4v) is 7.57. The molecule has 1 fully saturated rings. The Balaban J connectivity index is 1.36. The number of fused-ring (bicyclic) bond motifs is 3. The first-order chi connectivity index (χ1) is 22.0. The molecule has 11 nitrogen and oxygen atoms in total. The van der Waals surface area contributed by atoms with Gasteiger partial charge in [0.25, 0.3) is 0 Å². The van der Waals surface area contributed by atoms with Crippen LogP contribution in [0, 0.1) is 0 Å². The van der Waals surface area contributed by atoms with E-state index in [1.54, 1.807) is 39.5 Å². The average molecular weight is 667 g/mol. The summed E-state index contributed by atoms with van der Waals surface area (Å²) in [4.78, 5) is 42.3. The van der Waals surface area contributed by atoms with Gasteiger partial charge < -0.3 is 25.0 Å². The number of benzene rings is 2. The number of amides is 3. The molecule has 3 heterocycles. The van der Waals surface area contributed by atoms with Crippen molar-refractivity contribution in [1.82, 2.24) is 15.5 Å². The molecule has 0 saturated carbocycles. The van der Waals surface area contributed by atoms with E-state index in [4.69, 9.17) is 9.47 Å². The number of piperidine rings is 1. The van der Waals surface area contributed by atoms with Gasteiger partial charge in [0.2, 0.25) is 21.8 Å². The molecule has 3 aliphatic rings. The topological polar surface area (TPSA) is 134 Å². The summed E-state index contributed by atoms with van der Waals surface area (Å²) in [6.07, 6.45) is 4.50.